The third kappa shape index (κ3) is 2.66. The van der Waals surface area contributed by atoms with Gasteiger partial charge in [0.1, 0.15) is 11.6 Å². The lowest BCUT2D eigenvalue weighted by molar-refractivity contribution is 0.420. The largest absolute Gasteiger partial charge is 0.496 e. The summed E-state index contributed by atoms with van der Waals surface area (Å²) in [5.41, 5.74) is 7.73. The Balaban J connectivity index is 2.04. The number of fused-ring (bicyclic) bond motifs is 1. The van der Waals surface area contributed by atoms with E-state index in [0.29, 0.717) is 6.54 Å². The van der Waals surface area contributed by atoms with Crippen LogP contribution in [0.4, 0.5) is 11.5 Å². The van der Waals surface area contributed by atoms with Crippen LogP contribution in [0, 0.1) is 0 Å². The van der Waals surface area contributed by atoms with Crippen molar-refractivity contribution in [2.75, 3.05) is 12.4 Å². The molecular weight excluding hydrogens is 262 g/mol. The molecule has 0 aliphatic carbocycles. The Kier molecular flexibility index (Phi) is 3.71. The number of rotatable bonds is 4. The van der Waals surface area contributed by atoms with Crippen molar-refractivity contribution in [1.82, 2.24) is 4.98 Å². The third-order valence-electron chi connectivity index (χ3n) is 3.41. The molecule has 0 aliphatic rings. The van der Waals surface area contributed by atoms with Crippen LogP contribution >= 0.6 is 0 Å². The Morgan fingerprint density at radius 2 is 1.95 bits per heavy atom. The molecule has 0 saturated heterocycles. The van der Waals surface area contributed by atoms with E-state index in [4.69, 9.17) is 10.5 Å². The highest BCUT2D eigenvalue weighted by molar-refractivity contribution is 5.96. The van der Waals surface area contributed by atoms with Crippen LogP contribution in [0.15, 0.2) is 54.7 Å². The predicted octanol–water partition coefficient (Wildman–Crippen LogP) is 3.45. The number of benzene rings is 2. The lowest BCUT2D eigenvalue weighted by Crippen LogP contribution is -1.99. The first-order chi connectivity index (χ1) is 10.3. The summed E-state index contributed by atoms with van der Waals surface area (Å²) in [5.74, 6) is 1.65. The first-order valence-corrected chi connectivity index (χ1v) is 6.79. The van der Waals surface area contributed by atoms with Crippen molar-refractivity contribution in [2.45, 2.75) is 6.54 Å². The van der Waals surface area contributed by atoms with Gasteiger partial charge in [-0.3, -0.25) is 0 Å². The van der Waals surface area contributed by atoms with E-state index in [-0.39, 0.29) is 0 Å². The number of hydrogen-bond acceptors (Lipinski definition) is 4. The number of hydrogen-bond donors (Lipinski definition) is 2. The Labute approximate surface area is 123 Å². The number of ether oxygens (including phenoxy) is 1. The molecule has 0 radical (unpaired) electrons. The molecule has 4 nitrogen and oxygen atoms in total. The van der Waals surface area contributed by atoms with Crippen molar-refractivity contribution < 1.29 is 4.74 Å². The van der Waals surface area contributed by atoms with Gasteiger partial charge in [-0.25, -0.2) is 4.98 Å². The second-order valence-electron chi connectivity index (χ2n) is 4.74. The van der Waals surface area contributed by atoms with Crippen molar-refractivity contribution in [2.24, 2.45) is 5.73 Å². The zero-order valence-corrected chi connectivity index (χ0v) is 11.8. The minimum absolute atomic E-state index is 0.520. The van der Waals surface area contributed by atoms with E-state index in [1.807, 2.05) is 48.5 Å². The Morgan fingerprint density at radius 1 is 1.10 bits per heavy atom. The first-order valence-electron chi connectivity index (χ1n) is 6.79. The number of nitrogens with zero attached hydrogens (tertiary/aromatic N) is 1. The molecule has 3 aromatic rings. The average Bonchev–Trinajstić information content (AvgIpc) is 2.55. The van der Waals surface area contributed by atoms with E-state index in [0.717, 1.165) is 33.6 Å². The molecule has 3 N–H and O–H groups in total. The molecule has 1 aromatic heterocycles. The van der Waals surface area contributed by atoms with Gasteiger partial charge >= 0.3 is 0 Å². The first kappa shape index (κ1) is 13.4. The van der Waals surface area contributed by atoms with Crippen molar-refractivity contribution in [1.29, 1.82) is 0 Å². The minimum Gasteiger partial charge on any atom is -0.496 e. The summed E-state index contributed by atoms with van der Waals surface area (Å²) in [4.78, 5) is 4.44. The van der Waals surface area contributed by atoms with Gasteiger partial charge in [-0.15, -0.1) is 0 Å². The van der Waals surface area contributed by atoms with Gasteiger partial charge < -0.3 is 15.8 Å². The molecule has 1 heterocycles. The summed E-state index contributed by atoms with van der Waals surface area (Å²) in [6.07, 6.45) is 1.78. The molecule has 0 saturated carbocycles. The van der Waals surface area contributed by atoms with E-state index in [9.17, 15) is 0 Å². The van der Waals surface area contributed by atoms with Crippen molar-refractivity contribution in [3.63, 3.8) is 0 Å². The molecule has 2 aromatic carbocycles. The van der Waals surface area contributed by atoms with Crippen LogP contribution in [0.25, 0.3) is 10.8 Å². The number of nitrogens with one attached hydrogen (secondary N) is 1. The van der Waals surface area contributed by atoms with Crippen LogP contribution in [-0.2, 0) is 6.54 Å². The maximum absolute atomic E-state index is 5.68. The second kappa shape index (κ2) is 5.81. The molecule has 0 fully saturated rings. The third-order valence-corrected chi connectivity index (χ3v) is 3.41. The van der Waals surface area contributed by atoms with E-state index >= 15 is 0 Å². The van der Waals surface area contributed by atoms with Crippen LogP contribution < -0.4 is 15.8 Å². The summed E-state index contributed by atoms with van der Waals surface area (Å²) in [7, 11) is 1.67. The minimum atomic E-state index is 0.520. The molecule has 0 bridgehead atoms. The molecule has 0 amide bonds. The summed E-state index contributed by atoms with van der Waals surface area (Å²) < 4.78 is 5.40. The SMILES string of the molecule is COc1cccc2c(Nc3cccc(CN)c3)nccc12. The van der Waals surface area contributed by atoms with Gasteiger partial charge in [0, 0.05) is 29.2 Å². The molecule has 106 valence electrons. The zero-order chi connectivity index (χ0) is 14.7. The van der Waals surface area contributed by atoms with Crippen LogP contribution in [-0.4, -0.2) is 12.1 Å². The standard InChI is InChI=1S/C17H17N3O/c1-21-16-7-3-6-15-14(16)8-9-19-17(15)20-13-5-2-4-12(10-13)11-18/h2-10H,11,18H2,1H3,(H,19,20). The molecule has 0 unspecified atom stereocenters. The van der Waals surface area contributed by atoms with Gasteiger partial charge in [0.15, 0.2) is 0 Å². The van der Waals surface area contributed by atoms with Crippen LogP contribution in [0.2, 0.25) is 0 Å². The van der Waals surface area contributed by atoms with Gasteiger partial charge in [0.05, 0.1) is 7.11 Å². The van der Waals surface area contributed by atoms with Gasteiger partial charge in [-0.05, 0) is 29.8 Å². The molecule has 0 aliphatic heterocycles. The van der Waals surface area contributed by atoms with Gasteiger partial charge in [-0.2, -0.15) is 0 Å². The molecular formula is C17H17N3O. The van der Waals surface area contributed by atoms with Crippen molar-refractivity contribution >= 4 is 22.3 Å². The monoisotopic (exact) mass is 279 g/mol. The van der Waals surface area contributed by atoms with Crippen LogP contribution in [0.3, 0.4) is 0 Å². The zero-order valence-electron chi connectivity index (χ0n) is 11.8. The molecule has 0 atom stereocenters. The second-order valence-corrected chi connectivity index (χ2v) is 4.74. The van der Waals surface area contributed by atoms with Gasteiger partial charge in [-0.1, -0.05) is 24.3 Å². The number of methoxy groups -OCH3 is 1. The van der Waals surface area contributed by atoms with E-state index in [1.54, 1.807) is 13.3 Å². The number of pyridine rings is 1. The summed E-state index contributed by atoms with van der Waals surface area (Å²) >= 11 is 0. The highest BCUT2D eigenvalue weighted by atomic mass is 16.5. The maximum Gasteiger partial charge on any atom is 0.138 e. The van der Waals surface area contributed by atoms with E-state index in [2.05, 4.69) is 10.3 Å². The van der Waals surface area contributed by atoms with Gasteiger partial charge in [0.2, 0.25) is 0 Å². The number of anilines is 2. The highest BCUT2D eigenvalue weighted by Gasteiger charge is 2.06. The lowest BCUT2D eigenvalue weighted by Gasteiger charge is -2.11. The fourth-order valence-electron chi connectivity index (χ4n) is 2.37. The Bertz CT molecular complexity index is 771. The average molecular weight is 279 g/mol. The highest BCUT2D eigenvalue weighted by Crippen LogP contribution is 2.30. The molecule has 0 spiro atoms. The van der Waals surface area contributed by atoms with Crippen LogP contribution in [0.5, 0.6) is 5.75 Å². The molecule has 21 heavy (non-hydrogen) atoms. The van der Waals surface area contributed by atoms with Crippen molar-refractivity contribution in [3.05, 3.63) is 60.3 Å². The number of nitrogens with two attached hydrogens (primary N) is 1. The molecule has 4 heteroatoms. The fourth-order valence-corrected chi connectivity index (χ4v) is 2.37. The smallest absolute Gasteiger partial charge is 0.138 e. The summed E-state index contributed by atoms with van der Waals surface area (Å²) in [6, 6.07) is 15.9. The Hall–Kier alpha value is -2.59. The quantitative estimate of drug-likeness (QED) is 0.768. The topological polar surface area (TPSA) is 60.2 Å². The lowest BCUT2D eigenvalue weighted by atomic mass is 10.1. The normalized spacial score (nSPS) is 10.6. The Morgan fingerprint density at radius 3 is 2.76 bits per heavy atom. The van der Waals surface area contributed by atoms with E-state index < -0.39 is 0 Å². The van der Waals surface area contributed by atoms with E-state index in [1.165, 1.54) is 0 Å². The van der Waals surface area contributed by atoms with Gasteiger partial charge in [0.25, 0.3) is 0 Å². The molecule has 3 rings (SSSR count). The fraction of sp³-hybridized carbons (Fsp3) is 0.118. The number of aromatic nitrogens is 1. The summed E-state index contributed by atoms with van der Waals surface area (Å²) in [6.45, 7) is 0.520. The van der Waals surface area contributed by atoms with Crippen molar-refractivity contribution in [3.8, 4) is 5.75 Å². The predicted molar refractivity (Wildman–Crippen MR) is 85.9 cm³/mol. The summed E-state index contributed by atoms with van der Waals surface area (Å²) in [5, 5.41) is 5.41. The van der Waals surface area contributed by atoms with Crippen LogP contribution in [0.1, 0.15) is 5.56 Å². The maximum atomic E-state index is 5.68.